The molecule has 7 nitrogen and oxygen atoms in total. The Bertz CT molecular complexity index is 695. The van der Waals surface area contributed by atoms with Gasteiger partial charge >= 0.3 is 0 Å². The molecule has 0 aromatic heterocycles. The number of nitrogens with zero attached hydrogens (tertiary/aromatic N) is 2. The summed E-state index contributed by atoms with van der Waals surface area (Å²) in [6.45, 7) is 3.57. The molecule has 0 spiro atoms. The van der Waals surface area contributed by atoms with Crippen molar-refractivity contribution in [3.8, 4) is 0 Å². The molecule has 7 heteroatoms. The van der Waals surface area contributed by atoms with Crippen LogP contribution in [0.25, 0.3) is 0 Å². The normalized spacial score (nSPS) is 10.5. The second-order valence-corrected chi connectivity index (χ2v) is 5.27. The molecule has 0 amide bonds. The third-order valence-corrected chi connectivity index (χ3v) is 3.39. The summed E-state index contributed by atoms with van der Waals surface area (Å²) in [4.78, 5) is 21.2. The third-order valence-electron chi connectivity index (χ3n) is 3.39. The fourth-order valence-electron chi connectivity index (χ4n) is 2.20. The van der Waals surface area contributed by atoms with Crippen LogP contribution in [-0.2, 0) is 18.0 Å². The number of rotatable bonds is 6. The van der Waals surface area contributed by atoms with E-state index in [1.165, 1.54) is 12.1 Å². The van der Waals surface area contributed by atoms with Crippen LogP contribution in [0.15, 0.2) is 36.4 Å². The predicted molar refractivity (Wildman–Crippen MR) is 84.2 cm³/mol. The Kier molecular flexibility index (Phi) is 5.02. The summed E-state index contributed by atoms with van der Waals surface area (Å²) in [5.41, 5.74) is 2.43. The van der Waals surface area contributed by atoms with Crippen LogP contribution in [0.3, 0.4) is 0 Å². The molecule has 0 atom stereocenters. The lowest BCUT2D eigenvalue weighted by atomic mass is 10.1. The van der Waals surface area contributed by atoms with E-state index in [9.17, 15) is 20.2 Å². The summed E-state index contributed by atoms with van der Waals surface area (Å²) in [7, 11) is 0. The minimum Gasteiger partial charge on any atom is -0.372 e. The largest absolute Gasteiger partial charge is 0.372 e. The Hall–Kier alpha value is -2.80. The molecule has 23 heavy (non-hydrogen) atoms. The lowest BCUT2D eigenvalue weighted by Crippen LogP contribution is -2.02. The van der Waals surface area contributed by atoms with Crippen molar-refractivity contribution in [1.82, 2.24) is 0 Å². The van der Waals surface area contributed by atoms with Crippen LogP contribution in [-0.4, -0.2) is 9.85 Å². The van der Waals surface area contributed by atoms with Gasteiger partial charge in [-0.05, 0) is 37.1 Å². The second kappa shape index (κ2) is 6.97. The highest BCUT2D eigenvalue weighted by Crippen LogP contribution is 2.24. The number of benzene rings is 2. The number of aryl methyl sites for hydroxylation is 2. The molecule has 0 aliphatic heterocycles. The molecule has 0 heterocycles. The van der Waals surface area contributed by atoms with Gasteiger partial charge in [0.15, 0.2) is 0 Å². The van der Waals surface area contributed by atoms with E-state index in [4.69, 9.17) is 4.74 Å². The maximum atomic E-state index is 11.0. The molecule has 0 N–H and O–H groups in total. The average Bonchev–Trinajstić information content (AvgIpc) is 2.49. The highest BCUT2D eigenvalue weighted by Gasteiger charge is 2.16. The van der Waals surface area contributed by atoms with E-state index in [0.29, 0.717) is 11.1 Å². The molecule has 0 fully saturated rings. The first-order chi connectivity index (χ1) is 10.9. The third kappa shape index (κ3) is 4.10. The van der Waals surface area contributed by atoms with Crippen LogP contribution >= 0.6 is 0 Å². The first-order valence-corrected chi connectivity index (χ1v) is 6.94. The molecular formula is C16H16N2O5. The molecule has 0 aliphatic carbocycles. The number of hydrogen-bond acceptors (Lipinski definition) is 5. The molecule has 120 valence electrons. The number of nitro groups is 2. The van der Waals surface area contributed by atoms with E-state index in [2.05, 4.69) is 0 Å². The van der Waals surface area contributed by atoms with Gasteiger partial charge in [0.1, 0.15) is 0 Å². The zero-order chi connectivity index (χ0) is 17.0. The fraction of sp³-hybridized carbons (Fsp3) is 0.250. The lowest BCUT2D eigenvalue weighted by Gasteiger charge is -2.07. The van der Waals surface area contributed by atoms with Gasteiger partial charge in [0.05, 0.1) is 34.2 Å². The number of nitro benzene ring substituents is 2. The van der Waals surface area contributed by atoms with Crippen molar-refractivity contribution >= 4 is 11.4 Å². The highest BCUT2D eigenvalue weighted by atomic mass is 16.6. The first kappa shape index (κ1) is 16.6. The van der Waals surface area contributed by atoms with Gasteiger partial charge in [0, 0.05) is 12.1 Å². The smallest absolute Gasteiger partial charge is 0.275 e. The summed E-state index contributed by atoms with van der Waals surface area (Å²) in [5.74, 6) is 0. The summed E-state index contributed by atoms with van der Waals surface area (Å²) in [6, 6.07) is 9.76. The lowest BCUT2D eigenvalue weighted by molar-refractivity contribution is -0.386. The van der Waals surface area contributed by atoms with Gasteiger partial charge in [-0.1, -0.05) is 12.1 Å². The van der Waals surface area contributed by atoms with Crippen LogP contribution in [0.2, 0.25) is 0 Å². The minimum atomic E-state index is -0.458. The zero-order valence-electron chi connectivity index (χ0n) is 12.8. The minimum absolute atomic E-state index is 0.0107. The molecule has 2 aromatic rings. The molecular weight excluding hydrogens is 300 g/mol. The van der Waals surface area contributed by atoms with Crippen molar-refractivity contribution in [3.63, 3.8) is 0 Å². The molecule has 0 saturated heterocycles. The van der Waals surface area contributed by atoms with Gasteiger partial charge in [-0.15, -0.1) is 0 Å². The maximum absolute atomic E-state index is 11.0. The Balaban J connectivity index is 2.12. The van der Waals surface area contributed by atoms with Gasteiger partial charge < -0.3 is 4.74 Å². The van der Waals surface area contributed by atoms with Crippen molar-refractivity contribution < 1.29 is 14.6 Å². The first-order valence-electron chi connectivity index (χ1n) is 6.94. The van der Waals surface area contributed by atoms with Crippen molar-refractivity contribution in [1.29, 1.82) is 0 Å². The fourth-order valence-corrected chi connectivity index (χ4v) is 2.20. The van der Waals surface area contributed by atoms with E-state index in [-0.39, 0.29) is 24.6 Å². The molecule has 0 radical (unpaired) electrons. The SMILES string of the molecule is Cc1ccc(COCc2ccc(C)cc2[N+](=O)[O-])c([N+](=O)[O-])c1. The van der Waals surface area contributed by atoms with E-state index < -0.39 is 9.85 Å². The van der Waals surface area contributed by atoms with Gasteiger partial charge in [0.2, 0.25) is 0 Å². The van der Waals surface area contributed by atoms with E-state index >= 15 is 0 Å². The van der Waals surface area contributed by atoms with Crippen molar-refractivity contribution in [2.75, 3.05) is 0 Å². The molecule has 0 aliphatic rings. The molecule has 2 aromatic carbocycles. The summed E-state index contributed by atoms with van der Waals surface area (Å²) in [6.07, 6.45) is 0. The second-order valence-electron chi connectivity index (χ2n) is 5.27. The van der Waals surface area contributed by atoms with Crippen molar-refractivity contribution in [2.45, 2.75) is 27.1 Å². The Morgan fingerprint density at radius 3 is 1.57 bits per heavy atom. The maximum Gasteiger partial charge on any atom is 0.275 e. The summed E-state index contributed by atoms with van der Waals surface area (Å²) >= 11 is 0. The van der Waals surface area contributed by atoms with Crippen LogP contribution in [0, 0.1) is 34.1 Å². The van der Waals surface area contributed by atoms with Gasteiger partial charge in [0.25, 0.3) is 11.4 Å². The average molecular weight is 316 g/mol. The topological polar surface area (TPSA) is 95.5 Å². The van der Waals surface area contributed by atoms with Crippen LogP contribution in [0.1, 0.15) is 22.3 Å². The molecule has 0 saturated carbocycles. The van der Waals surface area contributed by atoms with Crippen LogP contribution in [0.5, 0.6) is 0 Å². The summed E-state index contributed by atoms with van der Waals surface area (Å²) < 4.78 is 5.46. The van der Waals surface area contributed by atoms with Gasteiger partial charge in [-0.25, -0.2) is 0 Å². The van der Waals surface area contributed by atoms with Crippen LogP contribution in [0.4, 0.5) is 11.4 Å². The van der Waals surface area contributed by atoms with Crippen molar-refractivity contribution in [3.05, 3.63) is 78.9 Å². The predicted octanol–water partition coefficient (Wildman–Crippen LogP) is 3.84. The Morgan fingerprint density at radius 2 is 1.22 bits per heavy atom. The molecule has 0 bridgehead atoms. The highest BCUT2D eigenvalue weighted by molar-refractivity contribution is 5.44. The van der Waals surface area contributed by atoms with Crippen molar-refractivity contribution in [2.24, 2.45) is 0 Å². The Morgan fingerprint density at radius 1 is 0.826 bits per heavy atom. The number of hydrogen-bond donors (Lipinski definition) is 0. The van der Waals surface area contributed by atoms with E-state index in [0.717, 1.165) is 11.1 Å². The zero-order valence-corrected chi connectivity index (χ0v) is 12.8. The molecule has 2 rings (SSSR count). The van der Waals surface area contributed by atoms with Gasteiger partial charge in [-0.3, -0.25) is 20.2 Å². The van der Waals surface area contributed by atoms with Crippen LogP contribution < -0.4 is 0 Å². The standard InChI is InChI=1S/C16H16N2O5/c1-11-3-5-13(15(7-11)17(19)20)9-23-10-14-6-4-12(2)8-16(14)18(21)22/h3-8H,9-10H2,1-2H3. The summed E-state index contributed by atoms with van der Waals surface area (Å²) in [5, 5.41) is 22.1. The monoisotopic (exact) mass is 316 g/mol. The van der Waals surface area contributed by atoms with E-state index in [1.807, 2.05) is 0 Å². The van der Waals surface area contributed by atoms with E-state index in [1.54, 1.807) is 38.1 Å². The van der Waals surface area contributed by atoms with Gasteiger partial charge in [-0.2, -0.15) is 0 Å². The molecule has 0 unspecified atom stereocenters. The number of ether oxygens (including phenoxy) is 1. The Labute approximate surface area is 132 Å². The quantitative estimate of drug-likeness (QED) is 0.596.